The van der Waals surface area contributed by atoms with E-state index in [4.69, 9.17) is 0 Å². The molecule has 1 aliphatic heterocycles. The fourth-order valence-corrected chi connectivity index (χ4v) is 3.53. The van der Waals surface area contributed by atoms with E-state index in [2.05, 4.69) is 5.10 Å². The first kappa shape index (κ1) is 15.2. The molecule has 4 nitrogen and oxygen atoms in total. The van der Waals surface area contributed by atoms with Crippen molar-refractivity contribution in [3.8, 4) is 0 Å². The smallest absolute Gasteiger partial charge is 0.331 e. The summed E-state index contributed by atoms with van der Waals surface area (Å²) in [5.41, 5.74) is 2.65. The molecule has 0 spiro atoms. The Balaban J connectivity index is 1.60. The summed E-state index contributed by atoms with van der Waals surface area (Å²) in [5, 5.41) is 4.57. The van der Waals surface area contributed by atoms with Gasteiger partial charge in [-0.1, -0.05) is 6.07 Å². The van der Waals surface area contributed by atoms with Crippen LogP contribution in [0.1, 0.15) is 39.3 Å². The molecule has 0 N–H and O–H groups in total. The van der Waals surface area contributed by atoms with E-state index < -0.39 is 11.7 Å². The number of nitrogens with zero attached hydrogens (tertiary/aromatic N) is 3. The second-order valence-corrected chi connectivity index (χ2v) is 6.25. The number of rotatable bonds is 1. The van der Waals surface area contributed by atoms with Crippen molar-refractivity contribution in [1.29, 1.82) is 0 Å². The monoisotopic (exact) mass is 335 g/mol. The highest BCUT2D eigenvalue weighted by atomic mass is 19.4. The highest BCUT2D eigenvalue weighted by Crippen LogP contribution is 2.31. The number of hydrogen-bond acceptors (Lipinski definition) is 2. The molecule has 4 rings (SSSR count). The van der Waals surface area contributed by atoms with E-state index in [1.165, 1.54) is 17.7 Å². The highest BCUT2D eigenvalue weighted by Gasteiger charge is 2.32. The number of benzene rings is 1. The molecule has 0 radical (unpaired) electrons. The highest BCUT2D eigenvalue weighted by molar-refractivity contribution is 5.94. The predicted octanol–water partition coefficient (Wildman–Crippen LogP) is 3.05. The molecule has 7 heteroatoms. The maximum absolute atomic E-state index is 12.8. The summed E-state index contributed by atoms with van der Waals surface area (Å²) in [6, 6.07) is 4.63. The first-order valence-electron chi connectivity index (χ1n) is 7.97. The Labute approximate surface area is 136 Å². The molecule has 1 aromatic carbocycles. The zero-order valence-electron chi connectivity index (χ0n) is 12.9. The van der Waals surface area contributed by atoms with E-state index >= 15 is 0 Å². The van der Waals surface area contributed by atoms with E-state index in [1.807, 2.05) is 4.68 Å². The van der Waals surface area contributed by atoms with Crippen LogP contribution in [-0.2, 0) is 32.1 Å². The zero-order valence-corrected chi connectivity index (χ0v) is 12.9. The van der Waals surface area contributed by atoms with Gasteiger partial charge in [-0.2, -0.15) is 18.3 Å². The summed E-state index contributed by atoms with van der Waals surface area (Å²) < 4.78 is 40.5. The first-order valence-corrected chi connectivity index (χ1v) is 7.97. The Hall–Kier alpha value is -2.31. The molecule has 24 heavy (non-hydrogen) atoms. The van der Waals surface area contributed by atoms with Crippen molar-refractivity contribution in [1.82, 2.24) is 14.7 Å². The third kappa shape index (κ3) is 2.48. The fourth-order valence-electron chi connectivity index (χ4n) is 3.53. The average molecular weight is 335 g/mol. The molecule has 0 saturated heterocycles. The molecule has 1 aromatic heterocycles. The molecule has 0 unspecified atom stereocenters. The van der Waals surface area contributed by atoms with Crippen molar-refractivity contribution >= 4 is 5.91 Å². The number of hydrogen-bond donors (Lipinski definition) is 0. The number of halogens is 3. The van der Waals surface area contributed by atoms with Crippen LogP contribution in [0.4, 0.5) is 13.2 Å². The SMILES string of the molecule is O=C(c1cccc(C(F)(F)F)c1)N1CCn2nc3c(c2C1)CCC3. The van der Waals surface area contributed by atoms with Gasteiger partial charge in [-0.15, -0.1) is 0 Å². The number of aryl methyl sites for hydroxylation is 1. The Morgan fingerprint density at radius 3 is 2.79 bits per heavy atom. The van der Waals surface area contributed by atoms with Crippen molar-refractivity contribution in [2.45, 2.75) is 38.5 Å². The van der Waals surface area contributed by atoms with Crippen LogP contribution in [0.2, 0.25) is 0 Å². The zero-order chi connectivity index (χ0) is 16.9. The third-order valence-electron chi connectivity index (χ3n) is 4.74. The van der Waals surface area contributed by atoms with E-state index in [1.54, 1.807) is 4.90 Å². The number of fused-ring (bicyclic) bond motifs is 3. The Morgan fingerprint density at radius 1 is 1.17 bits per heavy atom. The molecular weight excluding hydrogens is 319 g/mol. The summed E-state index contributed by atoms with van der Waals surface area (Å²) in [4.78, 5) is 14.3. The summed E-state index contributed by atoms with van der Waals surface area (Å²) in [6.45, 7) is 1.47. The minimum absolute atomic E-state index is 0.0782. The van der Waals surface area contributed by atoms with E-state index in [0.717, 1.165) is 42.8 Å². The molecule has 0 fully saturated rings. The standard InChI is InChI=1S/C17H16F3N3O/c18-17(19,20)12-4-1-3-11(9-12)16(24)22-7-8-23-15(10-22)13-5-2-6-14(13)21-23/h1,3-4,9H,2,5-8,10H2. The molecule has 0 saturated carbocycles. The number of carbonyl (C=O) groups excluding carboxylic acids is 1. The van der Waals surface area contributed by atoms with Gasteiger partial charge in [-0.3, -0.25) is 9.48 Å². The van der Waals surface area contributed by atoms with Crippen molar-refractivity contribution in [2.75, 3.05) is 6.54 Å². The van der Waals surface area contributed by atoms with Crippen LogP contribution in [0.3, 0.4) is 0 Å². The van der Waals surface area contributed by atoms with Crippen molar-refractivity contribution in [3.63, 3.8) is 0 Å². The largest absolute Gasteiger partial charge is 0.416 e. The van der Waals surface area contributed by atoms with Gasteiger partial charge >= 0.3 is 6.18 Å². The fraction of sp³-hybridized carbons (Fsp3) is 0.412. The predicted molar refractivity (Wildman–Crippen MR) is 80.4 cm³/mol. The van der Waals surface area contributed by atoms with Crippen molar-refractivity contribution in [2.24, 2.45) is 0 Å². The second kappa shape index (κ2) is 5.36. The van der Waals surface area contributed by atoms with Gasteiger partial charge in [0.25, 0.3) is 5.91 Å². The summed E-state index contributed by atoms with van der Waals surface area (Å²) >= 11 is 0. The minimum atomic E-state index is -4.45. The molecule has 2 aromatic rings. The summed E-state index contributed by atoms with van der Waals surface area (Å²) in [5.74, 6) is -0.361. The lowest BCUT2D eigenvalue weighted by molar-refractivity contribution is -0.137. The number of alkyl halides is 3. The van der Waals surface area contributed by atoms with Gasteiger partial charge in [0.2, 0.25) is 0 Å². The van der Waals surface area contributed by atoms with Crippen LogP contribution in [-0.4, -0.2) is 27.1 Å². The third-order valence-corrected chi connectivity index (χ3v) is 4.74. The van der Waals surface area contributed by atoms with Gasteiger partial charge in [0, 0.05) is 12.1 Å². The summed E-state index contributed by atoms with van der Waals surface area (Å²) in [7, 11) is 0. The molecule has 1 amide bonds. The van der Waals surface area contributed by atoms with Gasteiger partial charge in [0.15, 0.2) is 0 Å². The maximum atomic E-state index is 12.8. The van der Waals surface area contributed by atoms with Gasteiger partial charge < -0.3 is 4.90 Å². The molecule has 0 atom stereocenters. The average Bonchev–Trinajstić information content (AvgIpc) is 3.14. The molecule has 1 aliphatic carbocycles. The normalized spacial score (nSPS) is 16.9. The molecule has 2 aliphatic rings. The number of amides is 1. The Morgan fingerprint density at radius 2 is 2.00 bits per heavy atom. The van der Waals surface area contributed by atoms with Gasteiger partial charge in [-0.25, -0.2) is 0 Å². The topological polar surface area (TPSA) is 38.1 Å². The molecular formula is C17H16F3N3O. The molecule has 0 bridgehead atoms. The van der Waals surface area contributed by atoms with E-state index in [0.29, 0.717) is 19.6 Å². The van der Waals surface area contributed by atoms with E-state index in [-0.39, 0.29) is 11.5 Å². The minimum Gasteiger partial charge on any atom is -0.331 e. The van der Waals surface area contributed by atoms with Crippen LogP contribution < -0.4 is 0 Å². The first-order chi connectivity index (χ1) is 11.4. The van der Waals surface area contributed by atoms with Crippen LogP contribution in [0.5, 0.6) is 0 Å². The lowest BCUT2D eigenvalue weighted by atomic mass is 10.1. The van der Waals surface area contributed by atoms with Gasteiger partial charge in [0.1, 0.15) is 0 Å². The van der Waals surface area contributed by atoms with E-state index in [9.17, 15) is 18.0 Å². The molecule has 2 heterocycles. The van der Waals surface area contributed by atoms with Crippen molar-refractivity contribution < 1.29 is 18.0 Å². The van der Waals surface area contributed by atoms with Gasteiger partial charge in [-0.05, 0) is 43.0 Å². The molecule has 126 valence electrons. The van der Waals surface area contributed by atoms with Crippen LogP contribution in [0, 0.1) is 0 Å². The number of aromatic nitrogens is 2. The second-order valence-electron chi connectivity index (χ2n) is 6.25. The van der Waals surface area contributed by atoms with Crippen molar-refractivity contribution in [3.05, 3.63) is 52.3 Å². The maximum Gasteiger partial charge on any atom is 0.416 e. The quantitative estimate of drug-likeness (QED) is 0.803. The Kier molecular flexibility index (Phi) is 3.40. The summed E-state index contributed by atoms with van der Waals surface area (Å²) in [6.07, 6.45) is -1.43. The Bertz CT molecular complexity index is 810. The van der Waals surface area contributed by atoms with Crippen LogP contribution in [0.25, 0.3) is 0 Å². The van der Waals surface area contributed by atoms with Crippen LogP contribution >= 0.6 is 0 Å². The lowest BCUT2D eigenvalue weighted by Gasteiger charge is -2.28. The van der Waals surface area contributed by atoms with Crippen LogP contribution in [0.15, 0.2) is 24.3 Å². The van der Waals surface area contributed by atoms with Gasteiger partial charge in [0.05, 0.1) is 30.0 Å². The number of carbonyl (C=O) groups is 1. The lowest BCUT2D eigenvalue weighted by Crippen LogP contribution is -2.38.